The molecule has 2 aromatic rings. The van der Waals surface area contributed by atoms with Gasteiger partial charge >= 0.3 is 0 Å². The van der Waals surface area contributed by atoms with Gasteiger partial charge in [-0.3, -0.25) is 0 Å². The summed E-state index contributed by atoms with van der Waals surface area (Å²) in [4.78, 5) is 0. The van der Waals surface area contributed by atoms with Gasteiger partial charge < -0.3 is 5.32 Å². The van der Waals surface area contributed by atoms with Crippen LogP contribution in [0, 0.1) is 24.4 Å². The second-order valence-corrected chi connectivity index (χ2v) is 5.00. The molecule has 1 nitrogen and oxygen atoms in total. The van der Waals surface area contributed by atoms with Crippen LogP contribution in [0.25, 0.3) is 0 Å². The number of nitrogens with one attached hydrogen (secondary N) is 1. The molecule has 0 saturated heterocycles. The van der Waals surface area contributed by atoms with Crippen molar-refractivity contribution >= 4 is 0 Å². The summed E-state index contributed by atoms with van der Waals surface area (Å²) in [7, 11) is 0. The highest BCUT2D eigenvalue weighted by molar-refractivity contribution is 5.36. The maximum atomic E-state index is 14.3. The lowest BCUT2D eigenvalue weighted by molar-refractivity contribution is 0.487. The molecule has 0 radical (unpaired) electrons. The molecule has 0 spiro atoms. The molecule has 0 fully saturated rings. The molecule has 1 atom stereocenters. The Morgan fingerprint density at radius 1 is 1.00 bits per heavy atom. The van der Waals surface area contributed by atoms with E-state index >= 15 is 0 Å². The lowest BCUT2D eigenvalue weighted by Crippen LogP contribution is -2.26. The smallest absolute Gasteiger partial charge is 0.131 e. The van der Waals surface area contributed by atoms with E-state index in [9.17, 15) is 13.2 Å². The molecular weight excluding hydrogens is 275 g/mol. The fourth-order valence-electron chi connectivity index (χ4n) is 2.34. The van der Waals surface area contributed by atoms with E-state index in [1.165, 1.54) is 18.2 Å². The van der Waals surface area contributed by atoms with Crippen molar-refractivity contribution < 1.29 is 13.2 Å². The van der Waals surface area contributed by atoms with Gasteiger partial charge in [0.1, 0.15) is 17.5 Å². The zero-order valence-corrected chi connectivity index (χ0v) is 12.1. The SMILES string of the molecule is CCCNC(c1cccc(C)c1F)c1c(F)cccc1F. The number of rotatable bonds is 5. The molecule has 112 valence electrons. The molecule has 0 aliphatic carbocycles. The van der Waals surface area contributed by atoms with Crippen molar-refractivity contribution in [3.05, 3.63) is 70.5 Å². The molecule has 0 aromatic heterocycles. The molecule has 0 amide bonds. The average Bonchev–Trinajstić information content (AvgIpc) is 2.45. The normalized spacial score (nSPS) is 12.4. The molecule has 0 aliphatic heterocycles. The summed E-state index contributed by atoms with van der Waals surface area (Å²) in [6, 6.07) is 7.71. The lowest BCUT2D eigenvalue weighted by Gasteiger charge is -2.22. The largest absolute Gasteiger partial charge is 0.306 e. The predicted molar refractivity (Wildman–Crippen MR) is 77.6 cm³/mol. The van der Waals surface area contributed by atoms with Gasteiger partial charge in [0, 0.05) is 11.1 Å². The molecule has 0 saturated carbocycles. The van der Waals surface area contributed by atoms with Gasteiger partial charge in [-0.1, -0.05) is 31.2 Å². The first kappa shape index (κ1) is 15.6. The number of aryl methyl sites for hydroxylation is 1. The third kappa shape index (κ3) is 3.27. The van der Waals surface area contributed by atoms with E-state index in [0.29, 0.717) is 12.1 Å². The third-order valence-corrected chi connectivity index (χ3v) is 3.42. The van der Waals surface area contributed by atoms with Crippen molar-refractivity contribution in [1.82, 2.24) is 5.32 Å². The summed E-state index contributed by atoms with van der Waals surface area (Å²) >= 11 is 0. The summed E-state index contributed by atoms with van der Waals surface area (Å²) in [5.74, 6) is -1.79. The molecule has 2 rings (SSSR count). The zero-order chi connectivity index (χ0) is 15.4. The minimum Gasteiger partial charge on any atom is -0.306 e. The molecule has 0 aliphatic rings. The highest BCUT2D eigenvalue weighted by atomic mass is 19.1. The fourth-order valence-corrected chi connectivity index (χ4v) is 2.34. The summed E-state index contributed by atoms with van der Waals surface area (Å²) in [6.45, 7) is 4.10. The maximum Gasteiger partial charge on any atom is 0.131 e. The zero-order valence-electron chi connectivity index (χ0n) is 12.1. The van der Waals surface area contributed by atoms with Crippen LogP contribution >= 0.6 is 0 Å². The van der Waals surface area contributed by atoms with Crippen molar-refractivity contribution in [2.24, 2.45) is 0 Å². The van der Waals surface area contributed by atoms with E-state index in [-0.39, 0.29) is 11.1 Å². The number of halogens is 3. The van der Waals surface area contributed by atoms with Crippen LogP contribution in [0.3, 0.4) is 0 Å². The molecule has 21 heavy (non-hydrogen) atoms. The molecule has 1 N–H and O–H groups in total. The van der Waals surface area contributed by atoms with E-state index in [0.717, 1.165) is 6.42 Å². The average molecular weight is 293 g/mol. The minimum atomic E-state index is -0.842. The maximum absolute atomic E-state index is 14.3. The van der Waals surface area contributed by atoms with Crippen LogP contribution < -0.4 is 5.32 Å². The van der Waals surface area contributed by atoms with Crippen LogP contribution in [0.2, 0.25) is 0 Å². The van der Waals surface area contributed by atoms with E-state index in [1.54, 1.807) is 25.1 Å². The summed E-state index contributed by atoms with van der Waals surface area (Å²) < 4.78 is 42.4. The van der Waals surface area contributed by atoms with Crippen molar-refractivity contribution in [2.75, 3.05) is 6.54 Å². The lowest BCUT2D eigenvalue weighted by atomic mass is 9.95. The highest BCUT2D eigenvalue weighted by Gasteiger charge is 2.24. The molecule has 0 bridgehead atoms. The minimum absolute atomic E-state index is 0.143. The first-order valence-corrected chi connectivity index (χ1v) is 6.98. The van der Waals surface area contributed by atoms with Gasteiger partial charge in [-0.05, 0) is 37.6 Å². The summed E-state index contributed by atoms with van der Waals surface area (Å²) in [5.41, 5.74) is 0.565. The first-order valence-electron chi connectivity index (χ1n) is 6.98. The Bertz CT molecular complexity index is 605. The monoisotopic (exact) mass is 293 g/mol. The quantitative estimate of drug-likeness (QED) is 0.855. The van der Waals surface area contributed by atoms with Crippen LogP contribution in [0.4, 0.5) is 13.2 Å². The van der Waals surface area contributed by atoms with E-state index < -0.39 is 23.5 Å². The Balaban J connectivity index is 2.55. The fraction of sp³-hybridized carbons (Fsp3) is 0.294. The van der Waals surface area contributed by atoms with Gasteiger partial charge in [0.25, 0.3) is 0 Å². The van der Waals surface area contributed by atoms with Gasteiger partial charge in [0.2, 0.25) is 0 Å². The highest BCUT2D eigenvalue weighted by Crippen LogP contribution is 2.29. The van der Waals surface area contributed by atoms with Gasteiger partial charge in [-0.25, -0.2) is 13.2 Å². The molecule has 2 aromatic carbocycles. The molecule has 4 heteroatoms. The second-order valence-electron chi connectivity index (χ2n) is 5.00. The number of benzene rings is 2. The summed E-state index contributed by atoms with van der Waals surface area (Å²) in [5, 5.41) is 3.03. The number of hydrogen-bond donors (Lipinski definition) is 1. The van der Waals surface area contributed by atoms with Crippen LogP contribution in [0.15, 0.2) is 36.4 Å². The van der Waals surface area contributed by atoms with Crippen LogP contribution in [-0.2, 0) is 0 Å². The van der Waals surface area contributed by atoms with Crippen LogP contribution in [0.1, 0.15) is 36.1 Å². The van der Waals surface area contributed by atoms with Crippen molar-refractivity contribution in [3.63, 3.8) is 0 Å². The van der Waals surface area contributed by atoms with E-state index in [4.69, 9.17) is 0 Å². The van der Waals surface area contributed by atoms with Gasteiger partial charge in [-0.15, -0.1) is 0 Å². The Kier molecular flexibility index (Phi) is 5.02. The van der Waals surface area contributed by atoms with Crippen LogP contribution in [-0.4, -0.2) is 6.54 Å². The Morgan fingerprint density at radius 3 is 2.24 bits per heavy atom. The first-order chi connectivity index (χ1) is 10.1. The molecule has 0 heterocycles. The molecular formula is C17H18F3N. The Labute approximate surface area is 122 Å². The van der Waals surface area contributed by atoms with Crippen molar-refractivity contribution in [3.8, 4) is 0 Å². The number of hydrogen-bond acceptors (Lipinski definition) is 1. The standard InChI is InChI=1S/C17H18F3N/c1-3-10-21-17(12-7-4-6-11(2)16(12)20)15-13(18)8-5-9-14(15)19/h4-9,17,21H,3,10H2,1-2H3. The Hall–Kier alpha value is -1.81. The van der Waals surface area contributed by atoms with E-state index in [1.807, 2.05) is 6.92 Å². The molecule has 1 unspecified atom stereocenters. The topological polar surface area (TPSA) is 12.0 Å². The van der Waals surface area contributed by atoms with Crippen LogP contribution in [0.5, 0.6) is 0 Å². The summed E-state index contributed by atoms with van der Waals surface area (Å²) in [6.07, 6.45) is 0.778. The van der Waals surface area contributed by atoms with Crippen molar-refractivity contribution in [2.45, 2.75) is 26.3 Å². The van der Waals surface area contributed by atoms with Gasteiger partial charge in [0.05, 0.1) is 6.04 Å². The van der Waals surface area contributed by atoms with E-state index in [2.05, 4.69) is 5.32 Å². The Morgan fingerprint density at radius 2 is 1.62 bits per heavy atom. The third-order valence-electron chi connectivity index (χ3n) is 3.42. The predicted octanol–water partition coefficient (Wildman–Crippen LogP) is 4.50. The van der Waals surface area contributed by atoms with Gasteiger partial charge in [0.15, 0.2) is 0 Å². The van der Waals surface area contributed by atoms with Gasteiger partial charge in [-0.2, -0.15) is 0 Å². The van der Waals surface area contributed by atoms with Crippen molar-refractivity contribution in [1.29, 1.82) is 0 Å². The second kappa shape index (κ2) is 6.76.